The van der Waals surface area contributed by atoms with Crippen LogP contribution < -0.4 is 19.7 Å². The second-order valence-corrected chi connectivity index (χ2v) is 8.17. The number of methoxy groups -OCH3 is 2. The molecule has 1 aliphatic rings. The zero-order valence-corrected chi connectivity index (χ0v) is 18.7. The first-order valence-corrected chi connectivity index (χ1v) is 10.7. The summed E-state index contributed by atoms with van der Waals surface area (Å²) in [4.78, 5) is 29.2. The number of thioether (sulfide) groups is 1. The van der Waals surface area contributed by atoms with Crippen molar-refractivity contribution < 1.29 is 19.1 Å². The maximum absolute atomic E-state index is 13.4. The number of benzene rings is 3. The second kappa shape index (κ2) is 9.20. The predicted molar refractivity (Wildman–Crippen MR) is 126 cm³/mol. The van der Waals surface area contributed by atoms with Gasteiger partial charge in [0.05, 0.1) is 25.6 Å². The third-order valence-electron chi connectivity index (χ3n) is 4.98. The molecule has 3 aromatic carbocycles. The molecule has 1 aliphatic heterocycles. The van der Waals surface area contributed by atoms with E-state index in [0.29, 0.717) is 27.8 Å². The summed E-state index contributed by atoms with van der Waals surface area (Å²) in [5.74, 6) is 0.397. The molecule has 0 unspecified atom stereocenters. The Balaban J connectivity index is 1.74. The number of ether oxygens (including phenoxy) is 2. The number of rotatable bonds is 7. The molecular formula is C25H22N2O4S. The molecule has 0 radical (unpaired) electrons. The van der Waals surface area contributed by atoms with Gasteiger partial charge in [-0.2, -0.15) is 0 Å². The van der Waals surface area contributed by atoms with Gasteiger partial charge < -0.3 is 14.8 Å². The molecule has 1 N–H and O–H groups in total. The fraction of sp³-hybridized carbons (Fsp3) is 0.120. The van der Waals surface area contributed by atoms with Gasteiger partial charge in [-0.05, 0) is 55.5 Å². The predicted octanol–water partition coefficient (Wildman–Crippen LogP) is 5.00. The monoisotopic (exact) mass is 446 g/mol. The van der Waals surface area contributed by atoms with Crippen molar-refractivity contribution in [2.75, 3.05) is 24.4 Å². The van der Waals surface area contributed by atoms with Crippen molar-refractivity contribution in [3.05, 3.63) is 89.0 Å². The lowest BCUT2D eigenvalue weighted by atomic mass is 10.2. The molecule has 2 amide bonds. The lowest BCUT2D eigenvalue weighted by Crippen LogP contribution is -2.32. The van der Waals surface area contributed by atoms with E-state index in [1.807, 2.05) is 43.3 Å². The number of anilines is 2. The molecule has 0 atom stereocenters. The van der Waals surface area contributed by atoms with Crippen molar-refractivity contribution in [1.82, 2.24) is 0 Å². The van der Waals surface area contributed by atoms with Gasteiger partial charge in [0.1, 0.15) is 22.1 Å². The molecule has 3 aromatic rings. The number of hydrogen-bond donors (Lipinski definition) is 1. The minimum Gasteiger partial charge on any atom is -0.497 e. The minimum absolute atomic E-state index is 0.209. The molecule has 4 rings (SSSR count). The average Bonchev–Trinajstić information content (AvgIpc) is 3.05. The normalized spacial score (nSPS) is 13.5. The van der Waals surface area contributed by atoms with Gasteiger partial charge in [0, 0.05) is 4.90 Å². The number of hydrogen-bond acceptors (Lipinski definition) is 6. The zero-order valence-electron chi connectivity index (χ0n) is 17.9. The van der Waals surface area contributed by atoms with Crippen LogP contribution in [0.5, 0.6) is 11.5 Å². The van der Waals surface area contributed by atoms with Crippen LogP contribution in [0.4, 0.5) is 11.4 Å². The number of nitrogens with one attached hydrogen (secondary N) is 1. The molecule has 0 aliphatic carbocycles. The van der Waals surface area contributed by atoms with Crippen molar-refractivity contribution in [1.29, 1.82) is 0 Å². The summed E-state index contributed by atoms with van der Waals surface area (Å²) in [5.41, 5.74) is 2.40. The fourth-order valence-electron chi connectivity index (χ4n) is 3.29. The van der Waals surface area contributed by atoms with Gasteiger partial charge in [-0.3, -0.25) is 9.59 Å². The van der Waals surface area contributed by atoms with Gasteiger partial charge >= 0.3 is 0 Å². The molecule has 0 aromatic heterocycles. The molecule has 0 fully saturated rings. The quantitative estimate of drug-likeness (QED) is 0.515. The van der Waals surface area contributed by atoms with E-state index in [2.05, 4.69) is 5.32 Å². The van der Waals surface area contributed by atoms with Gasteiger partial charge in [-0.25, -0.2) is 4.90 Å². The Morgan fingerprint density at radius 2 is 1.50 bits per heavy atom. The van der Waals surface area contributed by atoms with Gasteiger partial charge in [0.15, 0.2) is 0 Å². The highest BCUT2D eigenvalue weighted by Crippen LogP contribution is 2.39. The van der Waals surface area contributed by atoms with E-state index in [1.165, 1.54) is 16.7 Å². The van der Waals surface area contributed by atoms with Crippen molar-refractivity contribution in [2.24, 2.45) is 0 Å². The van der Waals surface area contributed by atoms with Crippen LogP contribution >= 0.6 is 11.8 Å². The van der Waals surface area contributed by atoms with E-state index in [1.54, 1.807) is 50.6 Å². The molecule has 0 bridgehead atoms. The Kier molecular flexibility index (Phi) is 6.18. The van der Waals surface area contributed by atoms with Crippen LogP contribution in [0.15, 0.2) is 88.3 Å². The maximum Gasteiger partial charge on any atom is 0.283 e. The van der Waals surface area contributed by atoms with E-state index < -0.39 is 5.91 Å². The molecule has 162 valence electrons. The van der Waals surface area contributed by atoms with Crippen molar-refractivity contribution in [3.63, 3.8) is 0 Å². The molecule has 0 saturated carbocycles. The highest BCUT2D eigenvalue weighted by atomic mass is 32.2. The number of amides is 2. The maximum atomic E-state index is 13.4. The van der Waals surface area contributed by atoms with Gasteiger partial charge in [0.2, 0.25) is 0 Å². The summed E-state index contributed by atoms with van der Waals surface area (Å²) in [5, 5.41) is 3.14. The number of carbonyl (C=O) groups is 2. The van der Waals surface area contributed by atoms with Crippen LogP contribution in [0, 0.1) is 6.92 Å². The van der Waals surface area contributed by atoms with Gasteiger partial charge in [-0.1, -0.05) is 41.6 Å². The van der Waals surface area contributed by atoms with Crippen LogP contribution in [0.3, 0.4) is 0 Å². The third kappa shape index (κ3) is 4.20. The van der Waals surface area contributed by atoms with E-state index in [9.17, 15) is 9.59 Å². The summed E-state index contributed by atoms with van der Waals surface area (Å²) in [6.07, 6.45) is 0. The highest BCUT2D eigenvalue weighted by molar-refractivity contribution is 8.04. The molecule has 6 nitrogen and oxygen atoms in total. The Bertz CT molecular complexity index is 1190. The van der Waals surface area contributed by atoms with E-state index in [-0.39, 0.29) is 11.6 Å². The highest BCUT2D eigenvalue weighted by Gasteiger charge is 2.40. The second-order valence-electron chi connectivity index (χ2n) is 7.09. The fourth-order valence-corrected chi connectivity index (χ4v) is 4.21. The standard InChI is InChI=1S/C25H22N2O4S/c1-16-8-14-19(15-9-16)32-23-22(26-20-6-4-5-7-21(20)31-3)24(28)27(25(23)29)17-10-12-18(30-2)13-11-17/h4-15,26H,1-3H3. The zero-order chi connectivity index (χ0) is 22.7. The topological polar surface area (TPSA) is 67.9 Å². The average molecular weight is 447 g/mol. The molecule has 7 heteroatoms. The Hall–Kier alpha value is -3.71. The van der Waals surface area contributed by atoms with Gasteiger partial charge in [0.25, 0.3) is 11.8 Å². The molecular weight excluding hydrogens is 424 g/mol. The number of aryl methyl sites for hydroxylation is 1. The first-order valence-electron chi connectivity index (χ1n) is 9.93. The number of carbonyl (C=O) groups excluding carboxylic acids is 2. The van der Waals surface area contributed by atoms with Crippen molar-refractivity contribution in [3.8, 4) is 11.5 Å². The number of imide groups is 1. The van der Waals surface area contributed by atoms with Gasteiger partial charge in [-0.15, -0.1) is 0 Å². The summed E-state index contributed by atoms with van der Waals surface area (Å²) < 4.78 is 10.6. The van der Waals surface area contributed by atoms with Crippen LogP contribution in [-0.2, 0) is 9.59 Å². The molecule has 1 heterocycles. The SMILES string of the molecule is COc1ccc(N2C(=O)C(Nc3ccccc3OC)=C(Sc3ccc(C)cc3)C2=O)cc1. The molecule has 0 saturated heterocycles. The summed E-state index contributed by atoms with van der Waals surface area (Å²) in [6.45, 7) is 2.00. The largest absolute Gasteiger partial charge is 0.497 e. The summed E-state index contributed by atoms with van der Waals surface area (Å²) in [7, 11) is 3.12. The Morgan fingerprint density at radius 1 is 0.812 bits per heavy atom. The van der Waals surface area contributed by atoms with E-state index >= 15 is 0 Å². The van der Waals surface area contributed by atoms with Crippen LogP contribution in [0.2, 0.25) is 0 Å². The first-order chi connectivity index (χ1) is 15.5. The number of nitrogens with zero attached hydrogens (tertiary/aromatic N) is 1. The Labute approximate surface area is 190 Å². The first kappa shape index (κ1) is 21.5. The number of para-hydroxylation sites is 2. The summed E-state index contributed by atoms with van der Waals surface area (Å²) in [6, 6.07) is 21.9. The third-order valence-corrected chi connectivity index (χ3v) is 6.07. The van der Waals surface area contributed by atoms with Crippen LogP contribution in [0.25, 0.3) is 0 Å². The van der Waals surface area contributed by atoms with Crippen molar-refractivity contribution in [2.45, 2.75) is 11.8 Å². The summed E-state index contributed by atoms with van der Waals surface area (Å²) >= 11 is 1.26. The smallest absolute Gasteiger partial charge is 0.283 e. The van der Waals surface area contributed by atoms with E-state index in [0.717, 1.165) is 10.5 Å². The Morgan fingerprint density at radius 3 is 2.16 bits per heavy atom. The van der Waals surface area contributed by atoms with E-state index in [4.69, 9.17) is 9.47 Å². The molecule has 0 spiro atoms. The van der Waals surface area contributed by atoms with Crippen molar-refractivity contribution >= 4 is 35.0 Å². The molecule has 32 heavy (non-hydrogen) atoms. The van der Waals surface area contributed by atoms with Crippen LogP contribution in [0.1, 0.15) is 5.56 Å². The lowest BCUT2D eigenvalue weighted by Gasteiger charge is -2.16. The minimum atomic E-state index is -0.430. The van der Waals surface area contributed by atoms with Crippen LogP contribution in [-0.4, -0.2) is 26.0 Å². The lowest BCUT2D eigenvalue weighted by molar-refractivity contribution is -0.120.